The van der Waals surface area contributed by atoms with Crippen molar-refractivity contribution in [2.45, 2.75) is 36.0 Å². The average Bonchev–Trinajstić information content (AvgIpc) is 2.68. The predicted molar refractivity (Wildman–Crippen MR) is 103 cm³/mol. The van der Waals surface area contributed by atoms with Crippen LogP contribution >= 0.6 is 0 Å². The third-order valence-corrected chi connectivity index (χ3v) is 6.97. The molecule has 1 fully saturated rings. The van der Waals surface area contributed by atoms with Crippen LogP contribution in [0.1, 0.15) is 19.8 Å². The molecule has 7 heteroatoms. The van der Waals surface area contributed by atoms with E-state index in [9.17, 15) is 17.6 Å². The van der Waals surface area contributed by atoms with Gasteiger partial charge < -0.3 is 10.2 Å². The number of halogens is 1. The second-order valence-electron chi connectivity index (χ2n) is 6.75. The molecule has 0 saturated carbocycles. The summed E-state index contributed by atoms with van der Waals surface area (Å²) < 4.78 is 38.3. The first-order chi connectivity index (χ1) is 12.9. The summed E-state index contributed by atoms with van der Waals surface area (Å²) in [5, 5.41) is 2.25. The molecule has 1 atom stereocenters. The Balaban J connectivity index is 1.60. The number of para-hydroxylation sites is 1. The number of likely N-dealkylation sites (tertiary alicyclic amines) is 1. The SMILES string of the molecule is CC(C(=O)N1CCC(Nc2ccccc2)CC1)S(=O)(=O)c1ccc(F)cc1. The molecule has 1 amide bonds. The first-order valence-corrected chi connectivity index (χ1v) is 10.5. The second kappa shape index (κ2) is 8.08. The molecular formula is C20H23FN2O3S. The van der Waals surface area contributed by atoms with Crippen LogP contribution in [0, 0.1) is 5.82 Å². The van der Waals surface area contributed by atoms with Crippen molar-refractivity contribution in [1.82, 2.24) is 4.90 Å². The van der Waals surface area contributed by atoms with Crippen molar-refractivity contribution >= 4 is 21.4 Å². The van der Waals surface area contributed by atoms with Crippen LogP contribution in [-0.4, -0.2) is 43.6 Å². The van der Waals surface area contributed by atoms with Gasteiger partial charge in [-0.3, -0.25) is 4.79 Å². The number of nitrogens with zero attached hydrogens (tertiary/aromatic N) is 1. The van der Waals surface area contributed by atoms with Crippen molar-refractivity contribution in [3.63, 3.8) is 0 Å². The minimum Gasteiger partial charge on any atom is -0.382 e. The number of hydrogen-bond acceptors (Lipinski definition) is 4. The topological polar surface area (TPSA) is 66.5 Å². The summed E-state index contributed by atoms with van der Waals surface area (Å²) >= 11 is 0. The molecule has 3 rings (SSSR count). The smallest absolute Gasteiger partial charge is 0.241 e. The maximum Gasteiger partial charge on any atom is 0.241 e. The molecule has 144 valence electrons. The summed E-state index contributed by atoms with van der Waals surface area (Å²) in [5.41, 5.74) is 1.04. The molecule has 2 aromatic rings. The van der Waals surface area contributed by atoms with E-state index in [-0.39, 0.29) is 10.9 Å². The zero-order valence-corrected chi connectivity index (χ0v) is 16.0. The zero-order chi connectivity index (χ0) is 19.4. The van der Waals surface area contributed by atoms with Crippen molar-refractivity contribution in [1.29, 1.82) is 0 Å². The number of amides is 1. The Labute approximate surface area is 159 Å². The maximum atomic E-state index is 13.0. The largest absolute Gasteiger partial charge is 0.382 e. The summed E-state index contributed by atoms with van der Waals surface area (Å²) in [6.45, 7) is 2.41. The molecule has 1 unspecified atom stereocenters. The minimum atomic E-state index is -3.84. The number of anilines is 1. The fraction of sp³-hybridized carbons (Fsp3) is 0.350. The van der Waals surface area contributed by atoms with Crippen LogP contribution in [0.4, 0.5) is 10.1 Å². The second-order valence-corrected chi connectivity index (χ2v) is 9.02. The van der Waals surface area contributed by atoms with Crippen LogP contribution in [0.25, 0.3) is 0 Å². The Morgan fingerprint density at radius 2 is 1.67 bits per heavy atom. The summed E-state index contributed by atoms with van der Waals surface area (Å²) in [6.07, 6.45) is 1.51. The molecule has 2 aromatic carbocycles. The Morgan fingerprint density at radius 1 is 1.07 bits per heavy atom. The Morgan fingerprint density at radius 3 is 2.26 bits per heavy atom. The number of benzene rings is 2. The molecule has 0 bridgehead atoms. The fourth-order valence-corrected chi connectivity index (χ4v) is 4.57. The van der Waals surface area contributed by atoms with Gasteiger partial charge in [-0.15, -0.1) is 0 Å². The van der Waals surface area contributed by atoms with E-state index >= 15 is 0 Å². The highest BCUT2D eigenvalue weighted by Crippen LogP contribution is 2.21. The summed E-state index contributed by atoms with van der Waals surface area (Å²) in [4.78, 5) is 14.3. The van der Waals surface area contributed by atoms with E-state index in [1.807, 2.05) is 30.3 Å². The van der Waals surface area contributed by atoms with Gasteiger partial charge in [0.1, 0.15) is 11.1 Å². The lowest BCUT2D eigenvalue weighted by molar-refractivity contribution is -0.131. The first kappa shape index (κ1) is 19.4. The molecule has 1 heterocycles. The summed E-state index contributed by atoms with van der Waals surface area (Å²) in [5.74, 6) is -0.918. The molecule has 0 spiro atoms. The van der Waals surface area contributed by atoms with Crippen molar-refractivity contribution in [2.24, 2.45) is 0 Å². The van der Waals surface area contributed by atoms with Gasteiger partial charge in [-0.2, -0.15) is 0 Å². The molecule has 0 radical (unpaired) electrons. The molecule has 5 nitrogen and oxygen atoms in total. The fourth-order valence-electron chi connectivity index (χ4n) is 3.23. The van der Waals surface area contributed by atoms with Crippen LogP contribution in [0.15, 0.2) is 59.5 Å². The molecular weight excluding hydrogens is 367 g/mol. The molecule has 1 aliphatic rings. The highest BCUT2D eigenvalue weighted by Gasteiger charge is 2.34. The van der Waals surface area contributed by atoms with Crippen LogP contribution in [-0.2, 0) is 14.6 Å². The van der Waals surface area contributed by atoms with Gasteiger partial charge in [0.2, 0.25) is 5.91 Å². The van der Waals surface area contributed by atoms with Crippen LogP contribution in [0.2, 0.25) is 0 Å². The Hall–Kier alpha value is -2.41. The van der Waals surface area contributed by atoms with Crippen molar-refractivity contribution < 1.29 is 17.6 Å². The van der Waals surface area contributed by atoms with E-state index in [4.69, 9.17) is 0 Å². The lowest BCUT2D eigenvalue weighted by Gasteiger charge is -2.34. The minimum absolute atomic E-state index is 0.0367. The first-order valence-electron chi connectivity index (χ1n) is 8.98. The van der Waals surface area contributed by atoms with Crippen LogP contribution in [0.3, 0.4) is 0 Å². The van der Waals surface area contributed by atoms with E-state index in [0.29, 0.717) is 13.1 Å². The van der Waals surface area contributed by atoms with E-state index in [1.54, 1.807) is 4.90 Å². The normalized spacial score (nSPS) is 16.7. The van der Waals surface area contributed by atoms with E-state index < -0.39 is 26.8 Å². The molecule has 1 N–H and O–H groups in total. The number of carbonyl (C=O) groups excluding carboxylic acids is 1. The lowest BCUT2D eigenvalue weighted by atomic mass is 10.0. The number of hydrogen-bond donors (Lipinski definition) is 1. The Bertz CT molecular complexity index is 877. The van der Waals surface area contributed by atoms with E-state index in [0.717, 1.165) is 30.7 Å². The molecule has 0 aromatic heterocycles. The number of nitrogens with one attached hydrogen (secondary N) is 1. The van der Waals surface area contributed by atoms with Crippen LogP contribution in [0.5, 0.6) is 0 Å². The molecule has 27 heavy (non-hydrogen) atoms. The van der Waals surface area contributed by atoms with Gasteiger partial charge >= 0.3 is 0 Å². The quantitative estimate of drug-likeness (QED) is 0.797. The lowest BCUT2D eigenvalue weighted by Crippen LogP contribution is -2.47. The van der Waals surface area contributed by atoms with Gasteiger partial charge in [-0.25, -0.2) is 12.8 Å². The zero-order valence-electron chi connectivity index (χ0n) is 15.1. The molecule has 1 aliphatic heterocycles. The van der Waals surface area contributed by atoms with Crippen LogP contribution < -0.4 is 5.32 Å². The molecule has 1 saturated heterocycles. The van der Waals surface area contributed by atoms with Gasteiger partial charge in [0.05, 0.1) is 4.90 Å². The van der Waals surface area contributed by atoms with Crippen molar-refractivity contribution in [3.8, 4) is 0 Å². The van der Waals surface area contributed by atoms with Gasteiger partial charge in [-0.05, 0) is 56.2 Å². The number of sulfone groups is 1. The predicted octanol–water partition coefficient (Wildman–Crippen LogP) is 3.09. The standard InChI is InChI=1S/C20H23FN2O3S/c1-15(27(25,26)19-9-7-16(21)8-10-19)20(24)23-13-11-18(12-14-23)22-17-5-3-2-4-6-17/h2-10,15,18,22H,11-14H2,1H3. The maximum absolute atomic E-state index is 13.0. The number of rotatable bonds is 5. The van der Waals surface area contributed by atoms with Gasteiger partial charge in [0, 0.05) is 24.8 Å². The van der Waals surface area contributed by atoms with Gasteiger partial charge in [-0.1, -0.05) is 18.2 Å². The summed E-state index contributed by atoms with van der Waals surface area (Å²) in [6, 6.07) is 14.7. The van der Waals surface area contributed by atoms with E-state index in [2.05, 4.69) is 5.32 Å². The monoisotopic (exact) mass is 390 g/mol. The number of carbonyl (C=O) groups is 1. The average molecular weight is 390 g/mol. The third-order valence-electron chi connectivity index (χ3n) is 4.91. The highest BCUT2D eigenvalue weighted by atomic mass is 32.2. The van der Waals surface area contributed by atoms with Gasteiger partial charge in [0.15, 0.2) is 9.84 Å². The highest BCUT2D eigenvalue weighted by molar-refractivity contribution is 7.92. The Kier molecular flexibility index (Phi) is 5.79. The third kappa shape index (κ3) is 4.47. The molecule has 0 aliphatic carbocycles. The van der Waals surface area contributed by atoms with E-state index in [1.165, 1.54) is 19.1 Å². The summed E-state index contributed by atoms with van der Waals surface area (Å²) in [7, 11) is -3.84. The number of piperidine rings is 1. The van der Waals surface area contributed by atoms with Crippen molar-refractivity contribution in [3.05, 3.63) is 60.4 Å². The van der Waals surface area contributed by atoms with Crippen molar-refractivity contribution in [2.75, 3.05) is 18.4 Å². The van der Waals surface area contributed by atoms with Gasteiger partial charge in [0.25, 0.3) is 0 Å².